The summed E-state index contributed by atoms with van der Waals surface area (Å²) in [5.74, 6) is -1.25. The largest absolute Gasteiger partial charge is 0.479 e. The Hall–Kier alpha value is -0.770. The second-order valence-electron chi connectivity index (χ2n) is 5.25. The number of thioether (sulfide) groups is 1. The lowest BCUT2D eigenvalue weighted by Gasteiger charge is -2.24. The number of hydrogen-bond acceptors (Lipinski definition) is 4. The van der Waals surface area contributed by atoms with Crippen LogP contribution in [0.1, 0.15) is 20.3 Å². The Bertz CT molecular complexity index is 464. The first-order valence-electron chi connectivity index (χ1n) is 6.49. The van der Waals surface area contributed by atoms with E-state index in [1.807, 2.05) is 44.2 Å². The van der Waals surface area contributed by atoms with Gasteiger partial charge < -0.3 is 14.8 Å². The summed E-state index contributed by atoms with van der Waals surface area (Å²) in [4.78, 5) is 12.2. The monoisotopic (exact) mass is 316 g/mol. The highest BCUT2D eigenvalue weighted by atomic mass is 32.2. The van der Waals surface area contributed by atoms with Crippen LogP contribution in [0.4, 0.5) is 0 Å². The summed E-state index contributed by atoms with van der Waals surface area (Å²) < 4.78 is 12.1. The number of benzene rings is 1. The molecule has 20 heavy (non-hydrogen) atoms. The summed E-state index contributed by atoms with van der Waals surface area (Å²) >= 11 is 1.43. The molecular weight excluding hydrogens is 295 g/mol. The number of carboxylic acids is 1. The van der Waals surface area contributed by atoms with Gasteiger partial charge in [-0.05, 0) is 24.5 Å². The molecule has 0 saturated heterocycles. The standard InChI is InChI=1S/C14H21O4PS/c1-11(2)8-14(17,13(15)16)9-19(18)10-20-12-6-4-3-5-7-12/h3-7,11,17,19H,8-10H2,1-2H3,(H,15,16). The number of hydrogen-bond donors (Lipinski definition) is 2. The first-order chi connectivity index (χ1) is 9.33. The second kappa shape index (κ2) is 7.87. The summed E-state index contributed by atoms with van der Waals surface area (Å²) in [5, 5.41) is 19.3. The van der Waals surface area contributed by atoms with Crippen LogP contribution in [-0.2, 0) is 9.36 Å². The molecule has 1 rings (SSSR count). The van der Waals surface area contributed by atoms with E-state index >= 15 is 0 Å². The van der Waals surface area contributed by atoms with Crippen LogP contribution in [-0.4, -0.2) is 33.4 Å². The minimum Gasteiger partial charge on any atom is -0.479 e. The molecular formula is C14H21O4PS. The Kier molecular flexibility index (Phi) is 6.80. The average molecular weight is 316 g/mol. The minimum atomic E-state index is -2.15. The molecule has 0 amide bonds. The van der Waals surface area contributed by atoms with Crippen LogP contribution < -0.4 is 0 Å². The van der Waals surface area contributed by atoms with Crippen molar-refractivity contribution in [2.45, 2.75) is 30.8 Å². The minimum absolute atomic E-state index is 0.0349. The van der Waals surface area contributed by atoms with Crippen LogP contribution in [0.5, 0.6) is 0 Å². The average Bonchev–Trinajstić information content (AvgIpc) is 2.36. The molecule has 0 heterocycles. The fraction of sp³-hybridized carbons (Fsp3) is 0.500. The molecule has 0 aromatic heterocycles. The van der Waals surface area contributed by atoms with Crippen LogP contribution in [0, 0.1) is 5.92 Å². The zero-order valence-corrected chi connectivity index (χ0v) is 13.5. The predicted molar refractivity (Wildman–Crippen MR) is 83.1 cm³/mol. The molecule has 2 unspecified atom stereocenters. The van der Waals surface area contributed by atoms with Crippen molar-refractivity contribution in [2.24, 2.45) is 5.92 Å². The molecule has 2 N–H and O–H groups in total. The van der Waals surface area contributed by atoms with Gasteiger partial charge in [0.2, 0.25) is 0 Å². The first kappa shape index (κ1) is 17.3. The fourth-order valence-corrected chi connectivity index (χ4v) is 4.98. The van der Waals surface area contributed by atoms with E-state index in [2.05, 4.69) is 0 Å². The van der Waals surface area contributed by atoms with E-state index in [-0.39, 0.29) is 18.5 Å². The van der Waals surface area contributed by atoms with Crippen molar-refractivity contribution in [3.05, 3.63) is 30.3 Å². The van der Waals surface area contributed by atoms with Crippen LogP contribution in [0.15, 0.2) is 35.2 Å². The van der Waals surface area contributed by atoms with Gasteiger partial charge in [-0.1, -0.05) is 32.0 Å². The third-order valence-electron chi connectivity index (χ3n) is 2.78. The molecule has 4 nitrogen and oxygen atoms in total. The van der Waals surface area contributed by atoms with Crippen LogP contribution in [0.25, 0.3) is 0 Å². The molecule has 112 valence electrons. The van der Waals surface area contributed by atoms with Gasteiger partial charge in [-0.15, -0.1) is 11.8 Å². The molecule has 0 aliphatic heterocycles. The highest BCUT2D eigenvalue weighted by Gasteiger charge is 2.38. The van der Waals surface area contributed by atoms with Gasteiger partial charge in [-0.3, -0.25) is 0 Å². The molecule has 0 saturated carbocycles. The van der Waals surface area contributed by atoms with E-state index in [1.165, 1.54) is 11.8 Å². The van der Waals surface area contributed by atoms with Crippen molar-refractivity contribution in [1.29, 1.82) is 0 Å². The Labute approximate surface area is 124 Å². The summed E-state index contributed by atoms with van der Waals surface area (Å²) in [7, 11) is -2.15. The normalized spacial score (nSPS) is 15.8. The van der Waals surface area contributed by atoms with E-state index < -0.39 is 19.4 Å². The van der Waals surface area contributed by atoms with Crippen molar-refractivity contribution < 1.29 is 19.6 Å². The van der Waals surface area contributed by atoms with E-state index in [1.54, 1.807) is 0 Å². The first-order valence-corrected chi connectivity index (χ1v) is 9.29. The van der Waals surface area contributed by atoms with Gasteiger partial charge in [0.1, 0.15) is 0 Å². The Morgan fingerprint density at radius 3 is 2.45 bits per heavy atom. The van der Waals surface area contributed by atoms with E-state index in [0.29, 0.717) is 5.49 Å². The van der Waals surface area contributed by atoms with Gasteiger partial charge in [0, 0.05) is 16.6 Å². The number of aliphatic carboxylic acids is 1. The maximum atomic E-state index is 12.1. The predicted octanol–water partition coefficient (Wildman–Crippen LogP) is 3.16. The van der Waals surface area contributed by atoms with Crippen molar-refractivity contribution in [3.63, 3.8) is 0 Å². The molecule has 0 fully saturated rings. The zero-order chi connectivity index (χ0) is 15.2. The Balaban J connectivity index is 2.56. The topological polar surface area (TPSA) is 74.6 Å². The van der Waals surface area contributed by atoms with Crippen molar-refractivity contribution in [2.75, 3.05) is 11.7 Å². The quantitative estimate of drug-likeness (QED) is 0.569. The van der Waals surface area contributed by atoms with E-state index in [9.17, 15) is 14.5 Å². The molecule has 2 atom stereocenters. The molecule has 0 spiro atoms. The third kappa shape index (κ3) is 5.70. The van der Waals surface area contributed by atoms with Crippen molar-refractivity contribution in [3.8, 4) is 0 Å². The molecule has 0 aliphatic rings. The summed E-state index contributed by atoms with van der Waals surface area (Å²) in [6.07, 6.45) is -0.0419. The zero-order valence-electron chi connectivity index (χ0n) is 11.7. The third-order valence-corrected chi connectivity index (χ3v) is 6.23. The molecule has 0 radical (unpaired) electrons. The SMILES string of the molecule is CC(C)CC(O)(C[PH](=O)CSc1ccccc1)C(=O)O. The summed E-state index contributed by atoms with van der Waals surface area (Å²) in [5.41, 5.74) is -1.52. The molecule has 0 aliphatic carbocycles. The number of carbonyl (C=O) groups is 1. The van der Waals surface area contributed by atoms with Crippen LogP contribution in [0.2, 0.25) is 0 Å². The van der Waals surface area contributed by atoms with Gasteiger partial charge in [0.25, 0.3) is 0 Å². The lowest BCUT2D eigenvalue weighted by Crippen LogP contribution is -2.42. The van der Waals surface area contributed by atoms with E-state index in [0.717, 1.165) is 4.90 Å². The fourth-order valence-electron chi connectivity index (χ4n) is 1.97. The Morgan fingerprint density at radius 1 is 1.35 bits per heavy atom. The lowest BCUT2D eigenvalue weighted by molar-refractivity contribution is -0.157. The Morgan fingerprint density at radius 2 is 1.95 bits per heavy atom. The van der Waals surface area contributed by atoms with Gasteiger partial charge in [0.15, 0.2) is 5.60 Å². The van der Waals surface area contributed by atoms with Crippen molar-refractivity contribution in [1.82, 2.24) is 0 Å². The summed E-state index contributed by atoms with van der Waals surface area (Å²) in [6.45, 7) is 3.67. The van der Waals surface area contributed by atoms with E-state index in [4.69, 9.17) is 5.11 Å². The number of aliphatic hydroxyl groups is 1. The summed E-state index contributed by atoms with van der Waals surface area (Å²) in [6, 6.07) is 9.52. The van der Waals surface area contributed by atoms with Crippen molar-refractivity contribution >= 4 is 25.5 Å². The molecule has 6 heteroatoms. The van der Waals surface area contributed by atoms with Gasteiger partial charge in [0.05, 0.1) is 7.80 Å². The number of rotatable bonds is 8. The smallest absolute Gasteiger partial charge is 0.336 e. The molecule has 1 aromatic carbocycles. The maximum absolute atomic E-state index is 12.1. The second-order valence-corrected chi connectivity index (χ2v) is 8.60. The van der Waals surface area contributed by atoms with Gasteiger partial charge in [-0.25, -0.2) is 4.79 Å². The highest BCUT2D eigenvalue weighted by molar-refractivity contribution is 8.03. The molecule has 1 aromatic rings. The molecule has 0 bridgehead atoms. The van der Waals surface area contributed by atoms with Crippen LogP contribution in [0.3, 0.4) is 0 Å². The van der Waals surface area contributed by atoms with Gasteiger partial charge in [-0.2, -0.15) is 0 Å². The van der Waals surface area contributed by atoms with Crippen LogP contribution >= 0.6 is 19.6 Å². The highest BCUT2D eigenvalue weighted by Crippen LogP contribution is 2.36. The van der Waals surface area contributed by atoms with Gasteiger partial charge >= 0.3 is 5.97 Å². The lowest BCUT2D eigenvalue weighted by atomic mass is 9.94. The number of carboxylic acid groups (broad SMARTS) is 1. The maximum Gasteiger partial charge on any atom is 0.336 e.